The summed E-state index contributed by atoms with van der Waals surface area (Å²) in [4.78, 5) is 0. The van der Waals surface area contributed by atoms with Crippen molar-refractivity contribution in [3.05, 3.63) is 23.8 Å². The van der Waals surface area contributed by atoms with Crippen LogP contribution in [0.1, 0.15) is 18.9 Å². The molecule has 0 aromatic heterocycles. The highest BCUT2D eigenvalue weighted by molar-refractivity contribution is 9.08. The van der Waals surface area contributed by atoms with Crippen molar-refractivity contribution >= 4 is 15.9 Å². The topological polar surface area (TPSA) is 18.5 Å². The summed E-state index contributed by atoms with van der Waals surface area (Å²) >= 11 is 3.39. The van der Waals surface area contributed by atoms with Gasteiger partial charge in [0.2, 0.25) is 0 Å². The predicted molar refractivity (Wildman–Crippen MR) is 66.3 cm³/mol. The molecule has 0 heterocycles. The van der Waals surface area contributed by atoms with Crippen LogP contribution in [0.5, 0.6) is 11.5 Å². The van der Waals surface area contributed by atoms with Crippen molar-refractivity contribution in [1.82, 2.24) is 0 Å². The van der Waals surface area contributed by atoms with Crippen molar-refractivity contribution < 1.29 is 13.9 Å². The second-order valence-corrected chi connectivity index (χ2v) is 3.80. The van der Waals surface area contributed by atoms with Crippen LogP contribution in [0.2, 0.25) is 0 Å². The molecule has 1 aromatic carbocycles. The summed E-state index contributed by atoms with van der Waals surface area (Å²) in [5.41, 5.74) is 1.13. The van der Waals surface area contributed by atoms with E-state index in [2.05, 4.69) is 15.9 Å². The monoisotopic (exact) mass is 290 g/mol. The van der Waals surface area contributed by atoms with E-state index in [1.54, 1.807) is 0 Å². The van der Waals surface area contributed by atoms with E-state index in [1.807, 2.05) is 25.1 Å². The first-order valence-electron chi connectivity index (χ1n) is 5.32. The molecule has 4 heteroatoms. The second kappa shape index (κ2) is 7.49. The summed E-state index contributed by atoms with van der Waals surface area (Å²) in [6.45, 7) is 2.53. The lowest BCUT2D eigenvalue weighted by Crippen LogP contribution is -2.02. The highest BCUT2D eigenvalue weighted by Crippen LogP contribution is 2.29. The number of hydrogen-bond donors (Lipinski definition) is 0. The molecular weight excluding hydrogens is 275 g/mol. The van der Waals surface area contributed by atoms with Gasteiger partial charge in [-0.1, -0.05) is 22.0 Å². The Kier molecular flexibility index (Phi) is 6.23. The number of alkyl halides is 2. The Hall–Kier alpha value is -0.770. The van der Waals surface area contributed by atoms with Gasteiger partial charge < -0.3 is 9.47 Å². The van der Waals surface area contributed by atoms with Crippen molar-refractivity contribution in [2.75, 3.05) is 19.9 Å². The van der Waals surface area contributed by atoms with Gasteiger partial charge in [0.1, 0.15) is 0 Å². The summed E-state index contributed by atoms with van der Waals surface area (Å²) in [7, 11) is 0. The molecule has 0 amide bonds. The smallest absolute Gasteiger partial charge is 0.161 e. The van der Waals surface area contributed by atoms with Gasteiger partial charge in [-0.05, 0) is 24.6 Å². The third-order valence-electron chi connectivity index (χ3n) is 2.00. The highest BCUT2D eigenvalue weighted by Gasteiger charge is 2.05. The van der Waals surface area contributed by atoms with Crippen molar-refractivity contribution in [1.29, 1.82) is 0 Å². The summed E-state index contributed by atoms with van der Waals surface area (Å²) < 4.78 is 22.9. The van der Waals surface area contributed by atoms with Crippen LogP contribution in [0.4, 0.5) is 4.39 Å². The molecule has 2 nitrogen and oxygen atoms in total. The molecule has 0 aliphatic carbocycles. The molecule has 0 unspecified atom stereocenters. The Morgan fingerprint density at radius 2 is 2.06 bits per heavy atom. The standard InChI is InChI=1S/C12H16BrFO2/c1-2-15-12-8-10(9-13)4-5-11(12)16-7-3-6-14/h4-5,8H,2-3,6-7,9H2,1H3. The minimum absolute atomic E-state index is 0.358. The zero-order chi connectivity index (χ0) is 11.8. The lowest BCUT2D eigenvalue weighted by molar-refractivity contribution is 0.262. The van der Waals surface area contributed by atoms with Gasteiger partial charge in [0.15, 0.2) is 11.5 Å². The predicted octanol–water partition coefficient (Wildman–Crippen LogP) is 3.72. The Morgan fingerprint density at radius 3 is 2.69 bits per heavy atom. The number of rotatable bonds is 7. The van der Waals surface area contributed by atoms with Gasteiger partial charge in [-0.3, -0.25) is 4.39 Å². The van der Waals surface area contributed by atoms with Crippen LogP contribution in [0, 0.1) is 0 Å². The van der Waals surface area contributed by atoms with Crippen molar-refractivity contribution in [3.8, 4) is 11.5 Å². The van der Waals surface area contributed by atoms with E-state index in [0.717, 1.165) is 16.6 Å². The second-order valence-electron chi connectivity index (χ2n) is 3.24. The minimum atomic E-state index is -0.358. The van der Waals surface area contributed by atoms with Gasteiger partial charge >= 0.3 is 0 Å². The van der Waals surface area contributed by atoms with Crippen molar-refractivity contribution in [2.45, 2.75) is 18.7 Å². The average molecular weight is 291 g/mol. The Labute approximate surface area is 104 Å². The lowest BCUT2D eigenvalue weighted by Gasteiger charge is -2.12. The first-order chi connectivity index (χ1) is 7.81. The van der Waals surface area contributed by atoms with Crippen LogP contribution in [0.25, 0.3) is 0 Å². The van der Waals surface area contributed by atoms with E-state index in [1.165, 1.54) is 0 Å². The third-order valence-corrected chi connectivity index (χ3v) is 2.65. The summed E-state index contributed by atoms with van der Waals surface area (Å²) in [5.74, 6) is 1.40. The molecule has 0 saturated heterocycles. The van der Waals surface area contributed by atoms with E-state index in [-0.39, 0.29) is 6.67 Å². The first kappa shape index (κ1) is 13.3. The summed E-state index contributed by atoms with van der Waals surface area (Å²) in [6.07, 6.45) is 0.408. The van der Waals surface area contributed by atoms with Gasteiger partial charge in [0.05, 0.1) is 19.9 Å². The zero-order valence-corrected chi connectivity index (χ0v) is 10.9. The van der Waals surface area contributed by atoms with Gasteiger partial charge in [-0.2, -0.15) is 0 Å². The van der Waals surface area contributed by atoms with Gasteiger partial charge in [0, 0.05) is 11.8 Å². The Morgan fingerprint density at radius 1 is 1.25 bits per heavy atom. The maximum atomic E-state index is 11.9. The molecule has 1 aromatic rings. The van der Waals surface area contributed by atoms with E-state index in [0.29, 0.717) is 25.4 Å². The van der Waals surface area contributed by atoms with Crippen LogP contribution in [-0.4, -0.2) is 19.9 Å². The molecule has 0 fully saturated rings. The van der Waals surface area contributed by atoms with Crippen LogP contribution < -0.4 is 9.47 Å². The van der Waals surface area contributed by atoms with Crippen LogP contribution in [0.3, 0.4) is 0 Å². The Balaban J connectivity index is 2.72. The van der Waals surface area contributed by atoms with Crippen molar-refractivity contribution in [3.63, 3.8) is 0 Å². The molecule has 0 atom stereocenters. The number of hydrogen-bond acceptors (Lipinski definition) is 2. The largest absolute Gasteiger partial charge is 0.490 e. The zero-order valence-electron chi connectivity index (χ0n) is 9.34. The fourth-order valence-electron chi connectivity index (χ4n) is 1.26. The van der Waals surface area contributed by atoms with Gasteiger partial charge in [0.25, 0.3) is 0 Å². The molecule has 0 aliphatic heterocycles. The van der Waals surface area contributed by atoms with E-state index in [9.17, 15) is 4.39 Å². The molecule has 16 heavy (non-hydrogen) atoms. The molecule has 0 bridgehead atoms. The van der Waals surface area contributed by atoms with E-state index >= 15 is 0 Å². The molecular formula is C12H16BrFO2. The maximum absolute atomic E-state index is 11.9. The fraction of sp³-hybridized carbons (Fsp3) is 0.500. The van der Waals surface area contributed by atoms with Gasteiger partial charge in [-0.15, -0.1) is 0 Å². The maximum Gasteiger partial charge on any atom is 0.161 e. The number of ether oxygens (including phenoxy) is 2. The van der Waals surface area contributed by atoms with Crippen LogP contribution >= 0.6 is 15.9 Å². The van der Waals surface area contributed by atoms with Crippen LogP contribution in [-0.2, 0) is 5.33 Å². The SMILES string of the molecule is CCOc1cc(CBr)ccc1OCCCF. The highest BCUT2D eigenvalue weighted by atomic mass is 79.9. The molecule has 0 N–H and O–H groups in total. The number of benzene rings is 1. The molecule has 0 spiro atoms. The van der Waals surface area contributed by atoms with E-state index < -0.39 is 0 Å². The molecule has 90 valence electrons. The molecule has 0 radical (unpaired) electrons. The minimum Gasteiger partial charge on any atom is -0.490 e. The normalized spacial score (nSPS) is 10.2. The molecule has 0 saturated carbocycles. The third kappa shape index (κ3) is 4.00. The fourth-order valence-corrected chi connectivity index (χ4v) is 1.61. The lowest BCUT2D eigenvalue weighted by atomic mass is 10.2. The van der Waals surface area contributed by atoms with E-state index in [4.69, 9.17) is 9.47 Å². The average Bonchev–Trinajstić information content (AvgIpc) is 2.31. The number of halogens is 2. The molecule has 1 rings (SSSR count). The van der Waals surface area contributed by atoms with Crippen LogP contribution in [0.15, 0.2) is 18.2 Å². The quantitative estimate of drug-likeness (QED) is 0.563. The Bertz CT molecular complexity index is 318. The first-order valence-corrected chi connectivity index (χ1v) is 6.44. The summed E-state index contributed by atoms with van der Waals surface area (Å²) in [6, 6.07) is 5.75. The van der Waals surface area contributed by atoms with Crippen molar-refractivity contribution in [2.24, 2.45) is 0 Å². The van der Waals surface area contributed by atoms with Gasteiger partial charge in [-0.25, -0.2) is 0 Å². The molecule has 0 aliphatic rings. The summed E-state index contributed by atoms with van der Waals surface area (Å²) in [5, 5.41) is 0.776.